The van der Waals surface area contributed by atoms with E-state index in [1.165, 1.54) is 24.0 Å². The number of rotatable bonds is 2. The third-order valence-electron chi connectivity index (χ3n) is 4.12. The largest absolute Gasteiger partial charge is 0.317 e. The second kappa shape index (κ2) is 6.44. The van der Waals surface area contributed by atoms with E-state index in [2.05, 4.69) is 44.5 Å². The summed E-state index contributed by atoms with van der Waals surface area (Å²) in [6.45, 7) is 2.93. The van der Waals surface area contributed by atoms with Crippen LogP contribution in [-0.2, 0) is 11.3 Å². The number of halogens is 1. The van der Waals surface area contributed by atoms with Gasteiger partial charge in [0.2, 0.25) is 0 Å². The van der Waals surface area contributed by atoms with Crippen molar-refractivity contribution in [3.63, 3.8) is 0 Å². The molecule has 0 N–H and O–H groups in total. The van der Waals surface area contributed by atoms with E-state index in [9.17, 15) is 4.79 Å². The van der Waals surface area contributed by atoms with E-state index in [4.69, 9.17) is 0 Å². The highest BCUT2D eigenvalue weighted by molar-refractivity contribution is 9.10. The summed E-state index contributed by atoms with van der Waals surface area (Å²) in [7, 11) is 0. The third kappa shape index (κ3) is 3.14. The van der Waals surface area contributed by atoms with Crippen molar-refractivity contribution in [1.82, 2.24) is 4.57 Å². The molecule has 2 aromatic rings. The van der Waals surface area contributed by atoms with Crippen molar-refractivity contribution < 1.29 is 4.79 Å². The summed E-state index contributed by atoms with van der Waals surface area (Å²) in [6.07, 6.45) is 5.60. The lowest BCUT2D eigenvalue weighted by atomic mass is 9.89. The highest BCUT2D eigenvalue weighted by Gasteiger charge is 2.20. The zero-order chi connectivity index (χ0) is 14.8. The van der Waals surface area contributed by atoms with Gasteiger partial charge in [0.15, 0.2) is 4.80 Å². The van der Waals surface area contributed by atoms with Crippen LogP contribution < -0.4 is 4.80 Å². The Kier molecular flexibility index (Phi) is 4.60. The number of hydrogen-bond acceptors (Lipinski definition) is 2. The summed E-state index contributed by atoms with van der Waals surface area (Å²) in [4.78, 5) is 17.7. The minimum absolute atomic E-state index is 0.0718. The van der Waals surface area contributed by atoms with E-state index < -0.39 is 0 Å². The monoisotopic (exact) mass is 366 g/mol. The summed E-state index contributed by atoms with van der Waals surface area (Å²) >= 11 is 5.10. The fraction of sp³-hybridized carbons (Fsp3) is 0.500. The SMILES string of the molecule is CCn1c(=NC(=O)C2CCCCC2)sc2cc(Br)ccc21. The van der Waals surface area contributed by atoms with Crippen LogP contribution in [0, 0.1) is 5.92 Å². The van der Waals surface area contributed by atoms with Crippen LogP contribution >= 0.6 is 27.3 Å². The molecule has 112 valence electrons. The first kappa shape index (κ1) is 15.0. The van der Waals surface area contributed by atoms with Crippen LogP contribution in [-0.4, -0.2) is 10.5 Å². The standard InChI is InChI=1S/C16H19BrN2OS/c1-2-19-13-9-8-12(17)10-14(13)21-16(19)18-15(20)11-6-4-3-5-7-11/h8-11H,2-7H2,1H3. The smallest absolute Gasteiger partial charge is 0.251 e. The molecule has 0 bridgehead atoms. The first-order valence-corrected chi connectivity index (χ1v) is 9.17. The zero-order valence-corrected chi connectivity index (χ0v) is 14.5. The van der Waals surface area contributed by atoms with Crippen LogP contribution in [0.15, 0.2) is 27.7 Å². The highest BCUT2D eigenvalue weighted by Crippen LogP contribution is 2.25. The van der Waals surface area contributed by atoms with Crippen molar-refractivity contribution in [3.8, 4) is 0 Å². The number of nitrogens with zero attached hydrogens (tertiary/aromatic N) is 2. The third-order valence-corrected chi connectivity index (χ3v) is 5.66. The first-order chi connectivity index (χ1) is 10.2. The molecule has 0 aliphatic heterocycles. The number of aromatic nitrogens is 1. The quantitative estimate of drug-likeness (QED) is 0.770. The summed E-state index contributed by atoms with van der Waals surface area (Å²) in [5, 5.41) is 0. The van der Waals surface area contributed by atoms with Crippen LogP contribution in [0.3, 0.4) is 0 Å². The van der Waals surface area contributed by atoms with E-state index >= 15 is 0 Å². The van der Waals surface area contributed by atoms with Crippen LogP contribution in [0.1, 0.15) is 39.0 Å². The number of hydrogen-bond donors (Lipinski definition) is 0. The number of amides is 1. The second-order valence-corrected chi connectivity index (χ2v) is 7.45. The first-order valence-electron chi connectivity index (χ1n) is 7.56. The maximum Gasteiger partial charge on any atom is 0.251 e. The molecule has 3 nitrogen and oxygen atoms in total. The van der Waals surface area contributed by atoms with Gasteiger partial charge in [-0.15, -0.1) is 0 Å². The number of aryl methyl sites for hydroxylation is 1. The molecule has 5 heteroatoms. The van der Waals surface area contributed by atoms with Crippen molar-refractivity contribution in [3.05, 3.63) is 27.5 Å². The maximum absolute atomic E-state index is 12.4. The lowest BCUT2D eigenvalue weighted by Crippen LogP contribution is -2.21. The topological polar surface area (TPSA) is 34.4 Å². The van der Waals surface area contributed by atoms with Crippen molar-refractivity contribution in [2.24, 2.45) is 10.9 Å². The van der Waals surface area contributed by atoms with Crippen molar-refractivity contribution in [1.29, 1.82) is 0 Å². The lowest BCUT2D eigenvalue weighted by molar-refractivity contribution is -0.122. The number of fused-ring (bicyclic) bond motifs is 1. The molecule has 0 saturated heterocycles. The molecule has 21 heavy (non-hydrogen) atoms. The Hall–Kier alpha value is -0.940. The van der Waals surface area contributed by atoms with Gasteiger partial charge in [0.1, 0.15) is 0 Å². The van der Waals surface area contributed by atoms with Gasteiger partial charge in [-0.1, -0.05) is 46.5 Å². The molecule has 3 rings (SSSR count). The molecule has 1 saturated carbocycles. The predicted octanol–water partition coefficient (Wildman–Crippen LogP) is 4.49. The second-order valence-electron chi connectivity index (χ2n) is 5.53. The van der Waals surface area contributed by atoms with Crippen LogP contribution in [0.2, 0.25) is 0 Å². The van der Waals surface area contributed by atoms with Gasteiger partial charge in [-0.2, -0.15) is 4.99 Å². The van der Waals surface area contributed by atoms with Gasteiger partial charge in [-0.25, -0.2) is 0 Å². The molecule has 1 amide bonds. The molecule has 0 atom stereocenters. The molecule has 1 aromatic carbocycles. The van der Waals surface area contributed by atoms with Gasteiger partial charge in [-0.05, 0) is 38.0 Å². The van der Waals surface area contributed by atoms with Gasteiger partial charge in [0.25, 0.3) is 5.91 Å². The van der Waals surface area contributed by atoms with Crippen LogP contribution in [0.25, 0.3) is 10.2 Å². The van der Waals surface area contributed by atoms with E-state index in [0.717, 1.165) is 34.2 Å². The zero-order valence-electron chi connectivity index (χ0n) is 12.1. The summed E-state index contributed by atoms with van der Waals surface area (Å²) in [5.74, 6) is 0.212. The maximum atomic E-state index is 12.4. The molecular weight excluding hydrogens is 348 g/mol. The lowest BCUT2D eigenvalue weighted by Gasteiger charge is -2.17. The van der Waals surface area contributed by atoms with Gasteiger partial charge < -0.3 is 4.57 Å². The van der Waals surface area contributed by atoms with Crippen LogP contribution in [0.4, 0.5) is 0 Å². The summed E-state index contributed by atoms with van der Waals surface area (Å²) in [5.41, 5.74) is 1.15. The van der Waals surface area contributed by atoms with Gasteiger partial charge >= 0.3 is 0 Å². The fourth-order valence-corrected chi connectivity index (χ4v) is 4.62. The molecule has 0 spiro atoms. The van der Waals surface area contributed by atoms with Gasteiger partial charge in [0.05, 0.1) is 10.2 Å². The Bertz CT molecular complexity index is 725. The predicted molar refractivity (Wildman–Crippen MR) is 90.3 cm³/mol. The minimum Gasteiger partial charge on any atom is -0.317 e. The van der Waals surface area contributed by atoms with Gasteiger partial charge in [0, 0.05) is 16.9 Å². The van der Waals surface area contributed by atoms with Crippen LogP contribution in [0.5, 0.6) is 0 Å². The Morgan fingerprint density at radius 1 is 1.38 bits per heavy atom. The van der Waals surface area contributed by atoms with E-state index in [0.29, 0.717) is 0 Å². The van der Waals surface area contributed by atoms with E-state index in [1.807, 2.05) is 6.07 Å². The average Bonchev–Trinajstić information content (AvgIpc) is 2.84. The highest BCUT2D eigenvalue weighted by atomic mass is 79.9. The van der Waals surface area contributed by atoms with Crippen molar-refractivity contribution in [2.75, 3.05) is 0 Å². The normalized spacial score (nSPS) is 17.5. The summed E-state index contributed by atoms with van der Waals surface area (Å²) < 4.78 is 4.36. The molecule has 1 aromatic heterocycles. The Morgan fingerprint density at radius 3 is 2.86 bits per heavy atom. The fourth-order valence-electron chi connectivity index (χ4n) is 2.97. The van der Waals surface area contributed by atoms with Crippen molar-refractivity contribution in [2.45, 2.75) is 45.6 Å². The molecule has 1 fully saturated rings. The number of benzene rings is 1. The Morgan fingerprint density at radius 2 is 2.14 bits per heavy atom. The minimum atomic E-state index is 0.0718. The molecule has 1 aliphatic rings. The Balaban J connectivity index is 2.02. The number of carbonyl (C=O) groups excluding carboxylic acids is 1. The average molecular weight is 367 g/mol. The summed E-state index contributed by atoms with van der Waals surface area (Å²) in [6, 6.07) is 6.22. The number of carbonyl (C=O) groups is 1. The molecule has 1 heterocycles. The number of thiazole rings is 1. The Labute approximate surface area is 136 Å². The molecular formula is C16H19BrN2OS. The van der Waals surface area contributed by atoms with Crippen molar-refractivity contribution >= 4 is 43.4 Å². The molecule has 1 aliphatic carbocycles. The molecule has 0 unspecified atom stereocenters. The van der Waals surface area contributed by atoms with E-state index in [-0.39, 0.29) is 11.8 Å². The van der Waals surface area contributed by atoms with Gasteiger partial charge in [-0.3, -0.25) is 4.79 Å². The van der Waals surface area contributed by atoms with E-state index in [1.54, 1.807) is 11.3 Å². The molecule has 0 radical (unpaired) electrons.